The van der Waals surface area contributed by atoms with Crippen LogP contribution >= 0.6 is 0 Å². The highest BCUT2D eigenvalue weighted by Gasteiger charge is 2.41. The standard InChI is InChI=1S/C29H25FN4O4/c1-3-36-21-11-6-18(7-12-21)27-26-25(22(15-31)28(32)38-29(26)34-33-27)19-8-13-23(24(14-19)35-2)37-16-17-4-9-20(30)10-5-17/h4-14,22,25,32H,3,16H2,1-2H3,(H,33,34). The molecule has 192 valence electrons. The van der Waals surface area contributed by atoms with Crippen molar-refractivity contribution in [1.29, 1.82) is 10.7 Å². The number of hydrogen-bond donors (Lipinski definition) is 2. The van der Waals surface area contributed by atoms with E-state index in [0.29, 0.717) is 29.4 Å². The van der Waals surface area contributed by atoms with Crippen molar-refractivity contribution < 1.29 is 23.3 Å². The van der Waals surface area contributed by atoms with Gasteiger partial charge in [0.05, 0.1) is 31.0 Å². The molecule has 9 heteroatoms. The van der Waals surface area contributed by atoms with E-state index >= 15 is 0 Å². The number of benzene rings is 3. The van der Waals surface area contributed by atoms with E-state index < -0.39 is 11.8 Å². The summed E-state index contributed by atoms with van der Waals surface area (Å²) < 4.78 is 36.0. The second kappa shape index (κ2) is 10.6. The molecule has 2 unspecified atom stereocenters. The lowest BCUT2D eigenvalue weighted by atomic mass is 9.78. The number of nitriles is 1. The van der Waals surface area contributed by atoms with E-state index in [0.717, 1.165) is 22.4 Å². The number of H-pyrrole nitrogens is 1. The minimum Gasteiger partial charge on any atom is -0.494 e. The number of halogens is 1. The van der Waals surface area contributed by atoms with E-state index in [4.69, 9.17) is 24.4 Å². The molecule has 0 saturated heterocycles. The van der Waals surface area contributed by atoms with Crippen molar-refractivity contribution in [3.63, 3.8) is 0 Å². The molecule has 0 spiro atoms. The molecule has 0 radical (unpaired) electrons. The molecule has 3 aromatic carbocycles. The summed E-state index contributed by atoms with van der Waals surface area (Å²) in [5.74, 6) is 0.0515. The van der Waals surface area contributed by atoms with Crippen molar-refractivity contribution in [3.05, 3.63) is 89.2 Å². The summed E-state index contributed by atoms with van der Waals surface area (Å²) >= 11 is 0. The third kappa shape index (κ3) is 4.76. The molecule has 0 fully saturated rings. The van der Waals surface area contributed by atoms with E-state index in [9.17, 15) is 9.65 Å². The molecule has 2 heterocycles. The van der Waals surface area contributed by atoms with Gasteiger partial charge in [-0.2, -0.15) is 5.26 Å². The lowest BCUT2D eigenvalue weighted by molar-refractivity contribution is 0.284. The van der Waals surface area contributed by atoms with Gasteiger partial charge in [0, 0.05) is 11.5 Å². The molecule has 1 aromatic heterocycles. The van der Waals surface area contributed by atoms with Crippen LogP contribution in [-0.2, 0) is 6.61 Å². The van der Waals surface area contributed by atoms with Crippen molar-refractivity contribution in [2.24, 2.45) is 5.92 Å². The maximum Gasteiger partial charge on any atom is 0.244 e. The summed E-state index contributed by atoms with van der Waals surface area (Å²) in [4.78, 5) is 0. The summed E-state index contributed by atoms with van der Waals surface area (Å²) in [6.45, 7) is 2.71. The summed E-state index contributed by atoms with van der Waals surface area (Å²) in [5.41, 5.74) is 3.76. The minimum absolute atomic E-state index is 0.176. The Bertz CT molecular complexity index is 1490. The lowest BCUT2D eigenvalue weighted by Gasteiger charge is -2.28. The zero-order valence-corrected chi connectivity index (χ0v) is 20.8. The van der Waals surface area contributed by atoms with Crippen molar-refractivity contribution in [1.82, 2.24) is 10.2 Å². The zero-order valence-electron chi connectivity index (χ0n) is 20.8. The number of aromatic nitrogens is 2. The van der Waals surface area contributed by atoms with Gasteiger partial charge in [0.15, 0.2) is 11.5 Å². The van der Waals surface area contributed by atoms with Gasteiger partial charge in [0.25, 0.3) is 0 Å². The van der Waals surface area contributed by atoms with Crippen LogP contribution in [-0.4, -0.2) is 29.8 Å². The van der Waals surface area contributed by atoms with Gasteiger partial charge < -0.3 is 18.9 Å². The lowest BCUT2D eigenvalue weighted by Crippen LogP contribution is -2.30. The Morgan fingerprint density at radius 3 is 2.50 bits per heavy atom. The summed E-state index contributed by atoms with van der Waals surface area (Å²) in [6, 6.07) is 21.3. The van der Waals surface area contributed by atoms with Crippen LogP contribution in [0.4, 0.5) is 4.39 Å². The van der Waals surface area contributed by atoms with Gasteiger partial charge in [-0.3, -0.25) is 10.5 Å². The first-order valence-corrected chi connectivity index (χ1v) is 12.0. The minimum atomic E-state index is -0.878. The number of nitrogens with one attached hydrogen (secondary N) is 2. The molecule has 38 heavy (non-hydrogen) atoms. The number of methoxy groups -OCH3 is 1. The molecule has 0 saturated carbocycles. The second-order valence-electron chi connectivity index (χ2n) is 8.65. The number of rotatable bonds is 8. The first-order chi connectivity index (χ1) is 18.5. The largest absolute Gasteiger partial charge is 0.494 e. The van der Waals surface area contributed by atoms with Crippen LogP contribution in [0.5, 0.6) is 23.1 Å². The third-order valence-corrected chi connectivity index (χ3v) is 6.35. The van der Waals surface area contributed by atoms with E-state index in [1.165, 1.54) is 19.2 Å². The highest BCUT2D eigenvalue weighted by Crippen LogP contribution is 2.47. The third-order valence-electron chi connectivity index (χ3n) is 6.35. The second-order valence-corrected chi connectivity index (χ2v) is 8.65. The molecule has 2 N–H and O–H groups in total. The van der Waals surface area contributed by atoms with E-state index in [2.05, 4.69) is 16.3 Å². The van der Waals surface area contributed by atoms with Crippen LogP contribution in [0.1, 0.15) is 29.5 Å². The Hall–Kier alpha value is -4.84. The fourth-order valence-electron chi connectivity index (χ4n) is 4.52. The molecular weight excluding hydrogens is 487 g/mol. The normalized spacial score (nSPS) is 16.2. The SMILES string of the molecule is CCOc1ccc(-c2[nH]nc3c2C(c2ccc(OCc4ccc(F)cc4)c(OC)c2)C(C#N)C(=N)O3)cc1. The Kier molecular flexibility index (Phi) is 6.96. The van der Waals surface area contributed by atoms with Crippen molar-refractivity contribution in [3.8, 4) is 40.5 Å². The Morgan fingerprint density at radius 2 is 1.82 bits per heavy atom. The molecule has 0 amide bonds. The van der Waals surface area contributed by atoms with Crippen molar-refractivity contribution in [2.75, 3.05) is 13.7 Å². The van der Waals surface area contributed by atoms with Crippen LogP contribution in [0.3, 0.4) is 0 Å². The fourth-order valence-corrected chi connectivity index (χ4v) is 4.52. The molecule has 0 bridgehead atoms. The average Bonchev–Trinajstić information content (AvgIpc) is 3.35. The van der Waals surface area contributed by atoms with Crippen molar-refractivity contribution >= 4 is 5.90 Å². The van der Waals surface area contributed by atoms with Crippen LogP contribution in [0.2, 0.25) is 0 Å². The van der Waals surface area contributed by atoms with E-state index in [1.807, 2.05) is 37.3 Å². The smallest absolute Gasteiger partial charge is 0.244 e. The topological polar surface area (TPSA) is 113 Å². The van der Waals surface area contributed by atoms with E-state index in [-0.39, 0.29) is 24.2 Å². The fraction of sp³-hybridized carbons (Fsp3) is 0.207. The van der Waals surface area contributed by atoms with Gasteiger partial charge in [0.1, 0.15) is 24.1 Å². The molecular formula is C29H25FN4O4. The Labute approximate surface area is 219 Å². The van der Waals surface area contributed by atoms with Gasteiger partial charge >= 0.3 is 0 Å². The quantitative estimate of drug-likeness (QED) is 0.307. The van der Waals surface area contributed by atoms with Crippen LogP contribution < -0.4 is 18.9 Å². The first kappa shape index (κ1) is 24.8. The van der Waals surface area contributed by atoms with Gasteiger partial charge in [-0.1, -0.05) is 18.2 Å². The van der Waals surface area contributed by atoms with Gasteiger partial charge in [0.2, 0.25) is 11.8 Å². The van der Waals surface area contributed by atoms with Crippen LogP contribution in [0, 0.1) is 28.5 Å². The predicted molar refractivity (Wildman–Crippen MR) is 138 cm³/mol. The Morgan fingerprint density at radius 1 is 1.05 bits per heavy atom. The zero-order chi connectivity index (χ0) is 26.6. The number of hydrogen-bond acceptors (Lipinski definition) is 7. The number of ether oxygens (including phenoxy) is 4. The molecule has 2 atom stereocenters. The number of aromatic amines is 1. The van der Waals surface area contributed by atoms with Crippen LogP contribution in [0.25, 0.3) is 11.3 Å². The van der Waals surface area contributed by atoms with Gasteiger partial charge in [-0.25, -0.2) is 4.39 Å². The molecule has 1 aliphatic heterocycles. The Balaban J connectivity index is 1.51. The monoisotopic (exact) mass is 512 g/mol. The van der Waals surface area contributed by atoms with E-state index in [1.54, 1.807) is 24.3 Å². The average molecular weight is 513 g/mol. The number of nitrogens with zero attached hydrogens (tertiary/aromatic N) is 2. The summed E-state index contributed by atoms with van der Waals surface area (Å²) in [6.07, 6.45) is 0. The van der Waals surface area contributed by atoms with Gasteiger partial charge in [-0.15, -0.1) is 5.10 Å². The molecule has 0 aliphatic carbocycles. The number of fused-ring (bicyclic) bond motifs is 1. The van der Waals surface area contributed by atoms with Crippen LogP contribution in [0.15, 0.2) is 66.7 Å². The summed E-state index contributed by atoms with van der Waals surface area (Å²) in [5, 5.41) is 25.7. The van der Waals surface area contributed by atoms with Gasteiger partial charge in [-0.05, 0) is 66.6 Å². The van der Waals surface area contributed by atoms with Crippen molar-refractivity contribution in [2.45, 2.75) is 19.4 Å². The highest BCUT2D eigenvalue weighted by molar-refractivity contribution is 5.86. The molecule has 8 nitrogen and oxygen atoms in total. The molecule has 4 aromatic rings. The maximum absolute atomic E-state index is 13.2. The molecule has 1 aliphatic rings. The molecule has 5 rings (SSSR count). The first-order valence-electron chi connectivity index (χ1n) is 12.0. The highest BCUT2D eigenvalue weighted by atomic mass is 19.1. The predicted octanol–water partition coefficient (Wildman–Crippen LogP) is 5.84. The maximum atomic E-state index is 13.2. The summed E-state index contributed by atoms with van der Waals surface area (Å²) in [7, 11) is 1.53.